The van der Waals surface area contributed by atoms with E-state index in [1.165, 1.54) is 18.6 Å². The number of non-ortho nitro benzene ring substituents is 1. The Balaban J connectivity index is 2.15. The second-order valence-electron chi connectivity index (χ2n) is 4.61. The maximum Gasteiger partial charge on any atom is 0.301 e. The predicted octanol–water partition coefficient (Wildman–Crippen LogP) is 3.40. The van der Waals surface area contributed by atoms with E-state index in [1.54, 1.807) is 6.21 Å². The number of anilines is 1. The number of nitro groups is 2. The van der Waals surface area contributed by atoms with Crippen molar-refractivity contribution in [3.63, 3.8) is 0 Å². The topological polar surface area (TPSA) is 111 Å². The van der Waals surface area contributed by atoms with E-state index < -0.39 is 9.85 Å². The number of nitrogens with zero attached hydrogens (tertiary/aromatic N) is 3. The average Bonchev–Trinajstić information content (AvgIpc) is 2.48. The fraction of sp³-hybridized carbons (Fsp3) is 0.308. The van der Waals surface area contributed by atoms with Gasteiger partial charge in [0.25, 0.3) is 5.69 Å². The molecular weight excluding hydrogens is 276 g/mol. The molecule has 0 atom stereocenters. The lowest BCUT2D eigenvalue weighted by atomic mass is 10.0. The molecule has 8 nitrogen and oxygen atoms in total. The highest BCUT2D eigenvalue weighted by Crippen LogP contribution is 2.28. The van der Waals surface area contributed by atoms with Gasteiger partial charge in [-0.2, -0.15) is 5.10 Å². The van der Waals surface area contributed by atoms with Gasteiger partial charge in [-0.15, -0.1) is 0 Å². The van der Waals surface area contributed by atoms with Crippen molar-refractivity contribution >= 4 is 23.3 Å². The van der Waals surface area contributed by atoms with Gasteiger partial charge < -0.3 is 0 Å². The number of benzene rings is 1. The monoisotopic (exact) mass is 290 g/mol. The minimum absolute atomic E-state index is 0.123. The Morgan fingerprint density at radius 3 is 2.62 bits per heavy atom. The number of hydrogen-bond donors (Lipinski definition) is 1. The molecule has 1 aliphatic carbocycles. The lowest BCUT2D eigenvalue weighted by Gasteiger charge is -2.07. The summed E-state index contributed by atoms with van der Waals surface area (Å²) in [5.41, 5.74) is 3.07. The van der Waals surface area contributed by atoms with Crippen LogP contribution in [0, 0.1) is 20.2 Å². The third-order valence-corrected chi connectivity index (χ3v) is 3.13. The highest BCUT2D eigenvalue weighted by molar-refractivity contribution is 5.79. The molecule has 0 unspecified atom stereocenters. The highest BCUT2D eigenvalue weighted by atomic mass is 16.6. The molecule has 110 valence electrons. The number of rotatable bonds is 5. The van der Waals surface area contributed by atoms with Crippen molar-refractivity contribution in [2.24, 2.45) is 5.10 Å². The fourth-order valence-corrected chi connectivity index (χ4v) is 2.04. The molecule has 0 saturated carbocycles. The first-order chi connectivity index (χ1) is 10.1. The molecular formula is C13H14N4O4. The minimum Gasteiger partial charge on any atom is -0.272 e. The summed E-state index contributed by atoms with van der Waals surface area (Å²) in [5.74, 6) is 0. The first-order valence-electron chi connectivity index (χ1n) is 6.49. The first kappa shape index (κ1) is 14.6. The summed E-state index contributed by atoms with van der Waals surface area (Å²) in [4.78, 5) is 20.2. The molecule has 0 radical (unpaired) electrons. The van der Waals surface area contributed by atoms with Crippen molar-refractivity contribution in [1.29, 1.82) is 0 Å². The second-order valence-corrected chi connectivity index (χ2v) is 4.61. The summed E-state index contributed by atoms with van der Waals surface area (Å²) in [7, 11) is 0. The Kier molecular flexibility index (Phi) is 4.60. The SMILES string of the molecule is O=[N+]([O-])c1ccc(N/N=C/C2=CCCCC2)c([N+](=O)[O-])c1. The maximum atomic E-state index is 10.9. The molecule has 0 bridgehead atoms. The number of allylic oxidation sites excluding steroid dienone is 2. The fourth-order valence-electron chi connectivity index (χ4n) is 2.04. The summed E-state index contributed by atoms with van der Waals surface area (Å²) in [5, 5.41) is 25.5. The Labute approximate surface area is 120 Å². The minimum atomic E-state index is -0.676. The molecule has 0 aliphatic heterocycles. The molecule has 0 heterocycles. The molecule has 0 saturated heterocycles. The van der Waals surface area contributed by atoms with Crippen LogP contribution in [0.4, 0.5) is 17.1 Å². The van der Waals surface area contributed by atoms with Gasteiger partial charge in [-0.05, 0) is 37.3 Å². The van der Waals surface area contributed by atoms with Crippen LogP contribution in [-0.4, -0.2) is 16.1 Å². The van der Waals surface area contributed by atoms with E-state index in [1.807, 2.05) is 0 Å². The third-order valence-electron chi connectivity index (χ3n) is 3.13. The van der Waals surface area contributed by atoms with Crippen molar-refractivity contribution in [3.8, 4) is 0 Å². The zero-order chi connectivity index (χ0) is 15.2. The molecule has 8 heteroatoms. The maximum absolute atomic E-state index is 10.9. The zero-order valence-electron chi connectivity index (χ0n) is 11.2. The second kappa shape index (κ2) is 6.60. The third kappa shape index (κ3) is 3.85. The van der Waals surface area contributed by atoms with Crippen molar-refractivity contribution in [2.45, 2.75) is 25.7 Å². The van der Waals surface area contributed by atoms with E-state index in [-0.39, 0.29) is 17.1 Å². The van der Waals surface area contributed by atoms with Crippen LogP contribution >= 0.6 is 0 Å². The van der Waals surface area contributed by atoms with Gasteiger partial charge in [-0.25, -0.2) is 0 Å². The summed E-state index contributed by atoms with van der Waals surface area (Å²) in [6, 6.07) is 3.39. The van der Waals surface area contributed by atoms with Gasteiger partial charge in [0.15, 0.2) is 0 Å². The van der Waals surface area contributed by atoms with Crippen molar-refractivity contribution in [3.05, 3.63) is 50.1 Å². The first-order valence-corrected chi connectivity index (χ1v) is 6.49. The van der Waals surface area contributed by atoms with Crippen LogP contribution in [0.15, 0.2) is 34.9 Å². The van der Waals surface area contributed by atoms with E-state index >= 15 is 0 Å². The summed E-state index contributed by atoms with van der Waals surface area (Å²) >= 11 is 0. The van der Waals surface area contributed by atoms with E-state index in [4.69, 9.17) is 0 Å². The normalized spacial score (nSPS) is 14.8. The van der Waals surface area contributed by atoms with Gasteiger partial charge in [-0.3, -0.25) is 25.7 Å². The lowest BCUT2D eigenvalue weighted by molar-refractivity contribution is -0.393. The highest BCUT2D eigenvalue weighted by Gasteiger charge is 2.19. The van der Waals surface area contributed by atoms with E-state index in [0.29, 0.717) is 0 Å². The quantitative estimate of drug-likeness (QED) is 0.507. The molecule has 2 rings (SSSR count). The van der Waals surface area contributed by atoms with Crippen LogP contribution in [0.3, 0.4) is 0 Å². The molecule has 0 aromatic heterocycles. The smallest absolute Gasteiger partial charge is 0.272 e. The summed E-state index contributed by atoms with van der Waals surface area (Å²) < 4.78 is 0. The molecule has 1 N–H and O–H groups in total. The molecule has 1 aromatic rings. The van der Waals surface area contributed by atoms with Crippen LogP contribution in [0.5, 0.6) is 0 Å². The number of nitro benzene ring substituents is 2. The van der Waals surface area contributed by atoms with Crippen molar-refractivity contribution < 1.29 is 9.85 Å². The lowest BCUT2D eigenvalue weighted by Crippen LogP contribution is -1.99. The molecule has 21 heavy (non-hydrogen) atoms. The van der Waals surface area contributed by atoms with E-state index in [0.717, 1.165) is 30.9 Å². The Morgan fingerprint density at radius 2 is 2.00 bits per heavy atom. The molecule has 1 aromatic carbocycles. The van der Waals surface area contributed by atoms with Gasteiger partial charge in [0, 0.05) is 6.07 Å². The number of hydrogen-bond acceptors (Lipinski definition) is 6. The van der Waals surface area contributed by atoms with E-state index in [2.05, 4.69) is 16.6 Å². The molecule has 0 fully saturated rings. The van der Waals surface area contributed by atoms with Gasteiger partial charge in [-0.1, -0.05) is 6.08 Å². The Hall–Kier alpha value is -2.77. The van der Waals surface area contributed by atoms with Crippen LogP contribution < -0.4 is 5.43 Å². The Morgan fingerprint density at radius 1 is 1.19 bits per heavy atom. The van der Waals surface area contributed by atoms with Crippen molar-refractivity contribution in [1.82, 2.24) is 0 Å². The molecule has 1 aliphatic rings. The number of hydrazone groups is 1. The van der Waals surface area contributed by atoms with Crippen LogP contribution in [0.1, 0.15) is 25.7 Å². The standard InChI is InChI=1S/C13H14N4O4/c18-16(19)11-6-7-12(13(8-11)17(20)21)15-14-9-10-4-2-1-3-5-10/h4,6-9,15H,1-3,5H2/b14-9+. The summed E-state index contributed by atoms with van der Waals surface area (Å²) in [6.45, 7) is 0. The predicted molar refractivity (Wildman–Crippen MR) is 78.4 cm³/mol. The van der Waals surface area contributed by atoms with Gasteiger partial charge in [0.1, 0.15) is 5.69 Å². The van der Waals surface area contributed by atoms with Crippen LogP contribution in [-0.2, 0) is 0 Å². The van der Waals surface area contributed by atoms with E-state index in [9.17, 15) is 20.2 Å². The molecule has 0 amide bonds. The van der Waals surface area contributed by atoms with Crippen molar-refractivity contribution in [2.75, 3.05) is 5.43 Å². The molecule has 0 spiro atoms. The Bertz CT molecular complexity index is 625. The number of nitrogens with one attached hydrogen (secondary N) is 1. The van der Waals surface area contributed by atoms with Gasteiger partial charge in [0.05, 0.1) is 22.1 Å². The summed E-state index contributed by atoms with van der Waals surface area (Å²) in [6.07, 6.45) is 7.93. The van der Waals surface area contributed by atoms with Gasteiger partial charge >= 0.3 is 5.69 Å². The largest absolute Gasteiger partial charge is 0.301 e. The van der Waals surface area contributed by atoms with Crippen LogP contribution in [0.25, 0.3) is 0 Å². The van der Waals surface area contributed by atoms with Gasteiger partial charge in [0.2, 0.25) is 0 Å². The average molecular weight is 290 g/mol. The zero-order valence-corrected chi connectivity index (χ0v) is 11.2. The van der Waals surface area contributed by atoms with Crippen LogP contribution in [0.2, 0.25) is 0 Å².